The fourth-order valence-corrected chi connectivity index (χ4v) is 2.66. The Labute approximate surface area is 133 Å². The molecule has 0 atom stereocenters. The molecule has 0 saturated heterocycles. The van der Waals surface area contributed by atoms with Crippen molar-refractivity contribution in [1.82, 2.24) is 4.90 Å². The Kier molecular flexibility index (Phi) is 5.24. The Hall–Kier alpha value is -0.840. The average Bonchev–Trinajstić information content (AvgIpc) is 3.19. The van der Waals surface area contributed by atoms with Crippen LogP contribution in [0.4, 0.5) is 0 Å². The van der Waals surface area contributed by atoms with Gasteiger partial charge in [-0.1, -0.05) is 34.8 Å². The highest BCUT2D eigenvalue weighted by atomic mass is 35.5. The van der Waals surface area contributed by atoms with Gasteiger partial charge in [0.15, 0.2) is 11.7 Å². The monoisotopic (exact) mass is 335 g/mol. The molecule has 1 aromatic carbocycles. The number of rotatable bonds is 5. The highest BCUT2D eigenvalue weighted by Crippen LogP contribution is 2.35. The van der Waals surface area contributed by atoms with E-state index in [4.69, 9.17) is 45.3 Å². The van der Waals surface area contributed by atoms with E-state index in [2.05, 4.69) is 4.99 Å². The Morgan fingerprint density at radius 2 is 1.95 bits per heavy atom. The standard InChI is InChI=1S/C13H16Cl3N3O/c1-19(9-2-3-9)13(17)18-4-5-20-12-10(15)6-8(14)7-11(12)16/h6-7,9H,2-5H2,1H3,(H2,17,18). The first-order valence-electron chi connectivity index (χ1n) is 6.29. The summed E-state index contributed by atoms with van der Waals surface area (Å²) in [4.78, 5) is 6.25. The van der Waals surface area contributed by atoms with E-state index in [-0.39, 0.29) is 0 Å². The molecular weight excluding hydrogens is 321 g/mol. The molecule has 110 valence electrons. The summed E-state index contributed by atoms with van der Waals surface area (Å²) in [5.74, 6) is 0.950. The maximum absolute atomic E-state index is 6.01. The molecule has 1 aliphatic rings. The molecule has 2 rings (SSSR count). The summed E-state index contributed by atoms with van der Waals surface area (Å²) >= 11 is 17.9. The fraction of sp³-hybridized carbons (Fsp3) is 0.462. The summed E-state index contributed by atoms with van der Waals surface area (Å²) in [6.07, 6.45) is 2.36. The first-order valence-corrected chi connectivity index (χ1v) is 7.42. The topological polar surface area (TPSA) is 50.8 Å². The van der Waals surface area contributed by atoms with Gasteiger partial charge in [0.25, 0.3) is 0 Å². The van der Waals surface area contributed by atoms with E-state index in [0.717, 1.165) is 0 Å². The third-order valence-corrected chi connectivity index (χ3v) is 3.81. The van der Waals surface area contributed by atoms with Gasteiger partial charge in [-0.05, 0) is 25.0 Å². The van der Waals surface area contributed by atoms with Crippen LogP contribution >= 0.6 is 34.8 Å². The molecule has 1 aliphatic carbocycles. The number of hydrogen-bond donors (Lipinski definition) is 1. The molecule has 0 amide bonds. The van der Waals surface area contributed by atoms with Crippen molar-refractivity contribution < 1.29 is 4.74 Å². The smallest absolute Gasteiger partial charge is 0.191 e. The molecule has 2 N–H and O–H groups in total. The van der Waals surface area contributed by atoms with E-state index < -0.39 is 0 Å². The predicted molar refractivity (Wildman–Crippen MR) is 84.2 cm³/mol. The van der Waals surface area contributed by atoms with E-state index in [1.54, 1.807) is 12.1 Å². The predicted octanol–water partition coefficient (Wildman–Crippen LogP) is 3.43. The number of benzene rings is 1. The number of halogens is 3. The second-order valence-electron chi connectivity index (χ2n) is 4.63. The molecule has 0 spiro atoms. The molecule has 0 aliphatic heterocycles. The van der Waals surface area contributed by atoms with Crippen LogP contribution in [0.25, 0.3) is 0 Å². The van der Waals surface area contributed by atoms with Gasteiger partial charge in [-0.2, -0.15) is 0 Å². The Bertz CT molecular complexity index is 495. The summed E-state index contributed by atoms with van der Waals surface area (Å²) < 4.78 is 5.53. The lowest BCUT2D eigenvalue weighted by atomic mass is 10.3. The van der Waals surface area contributed by atoms with Gasteiger partial charge in [-0.15, -0.1) is 0 Å². The van der Waals surface area contributed by atoms with Crippen molar-refractivity contribution in [2.24, 2.45) is 10.7 Å². The summed E-state index contributed by atoms with van der Waals surface area (Å²) in [6.45, 7) is 0.790. The number of ether oxygens (including phenoxy) is 1. The van der Waals surface area contributed by atoms with Crippen LogP contribution in [0.2, 0.25) is 15.1 Å². The fourth-order valence-electron chi connectivity index (χ4n) is 1.74. The van der Waals surface area contributed by atoms with Crippen molar-refractivity contribution in [3.8, 4) is 5.75 Å². The number of aliphatic imine (C=N–C) groups is 1. The van der Waals surface area contributed by atoms with Crippen molar-refractivity contribution >= 4 is 40.8 Å². The quantitative estimate of drug-likeness (QED) is 0.509. The maximum Gasteiger partial charge on any atom is 0.191 e. The molecular formula is C13H16Cl3N3O. The summed E-state index contributed by atoms with van der Waals surface area (Å²) in [5.41, 5.74) is 5.87. The van der Waals surface area contributed by atoms with Gasteiger partial charge in [-0.3, -0.25) is 0 Å². The van der Waals surface area contributed by atoms with E-state index in [9.17, 15) is 0 Å². The normalized spacial score (nSPS) is 15.3. The second kappa shape index (κ2) is 6.74. The van der Waals surface area contributed by atoms with Gasteiger partial charge < -0.3 is 15.4 Å². The van der Waals surface area contributed by atoms with Gasteiger partial charge in [0.1, 0.15) is 6.61 Å². The SMILES string of the molecule is CN(C(N)=NCCOc1c(Cl)cc(Cl)cc1Cl)C1CC1. The van der Waals surface area contributed by atoms with Crippen LogP contribution < -0.4 is 10.5 Å². The van der Waals surface area contributed by atoms with Crippen LogP contribution in [0.1, 0.15) is 12.8 Å². The molecule has 0 bridgehead atoms. The Morgan fingerprint density at radius 1 is 1.35 bits per heavy atom. The lowest BCUT2D eigenvalue weighted by molar-refractivity contribution is 0.328. The van der Waals surface area contributed by atoms with E-state index >= 15 is 0 Å². The van der Waals surface area contributed by atoms with Gasteiger partial charge in [0.2, 0.25) is 0 Å². The van der Waals surface area contributed by atoms with Crippen LogP contribution in [0.15, 0.2) is 17.1 Å². The highest BCUT2D eigenvalue weighted by molar-refractivity contribution is 6.40. The first-order chi connectivity index (χ1) is 9.49. The zero-order valence-corrected chi connectivity index (χ0v) is 13.3. The second-order valence-corrected chi connectivity index (χ2v) is 5.88. The zero-order chi connectivity index (χ0) is 14.7. The summed E-state index contributed by atoms with van der Waals surface area (Å²) in [6, 6.07) is 3.71. The largest absolute Gasteiger partial charge is 0.489 e. The van der Waals surface area contributed by atoms with E-state index in [1.807, 2.05) is 11.9 Å². The molecule has 0 heterocycles. The van der Waals surface area contributed by atoms with Crippen molar-refractivity contribution in [2.45, 2.75) is 18.9 Å². The lowest BCUT2D eigenvalue weighted by Crippen LogP contribution is -2.36. The van der Waals surface area contributed by atoms with Crippen LogP contribution in [0.5, 0.6) is 5.75 Å². The van der Waals surface area contributed by atoms with Crippen LogP contribution in [-0.4, -0.2) is 37.1 Å². The minimum atomic E-state index is 0.347. The molecule has 0 aromatic heterocycles. The molecule has 1 saturated carbocycles. The lowest BCUT2D eigenvalue weighted by Gasteiger charge is -2.17. The van der Waals surface area contributed by atoms with Crippen molar-refractivity contribution in [2.75, 3.05) is 20.2 Å². The van der Waals surface area contributed by atoms with Crippen molar-refractivity contribution in [3.63, 3.8) is 0 Å². The molecule has 0 unspecified atom stereocenters. The molecule has 7 heteroatoms. The summed E-state index contributed by atoms with van der Waals surface area (Å²) in [7, 11) is 1.95. The van der Waals surface area contributed by atoms with Crippen LogP contribution in [-0.2, 0) is 0 Å². The third-order valence-electron chi connectivity index (χ3n) is 3.03. The molecule has 0 radical (unpaired) electrons. The maximum atomic E-state index is 6.01. The average molecular weight is 337 g/mol. The van der Waals surface area contributed by atoms with Gasteiger partial charge in [-0.25, -0.2) is 4.99 Å². The number of guanidine groups is 1. The van der Waals surface area contributed by atoms with Gasteiger partial charge in [0, 0.05) is 18.1 Å². The molecule has 4 nitrogen and oxygen atoms in total. The summed E-state index contributed by atoms with van der Waals surface area (Å²) in [5, 5.41) is 1.24. The molecule has 20 heavy (non-hydrogen) atoms. The van der Waals surface area contributed by atoms with Gasteiger partial charge >= 0.3 is 0 Å². The number of hydrogen-bond acceptors (Lipinski definition) is 2. The number of nitrogens with zero attached hydrogens (tertiary/aromatic N) is 2. The zero-order valence-electron chi connectivity index (χ0n) is 11.1. The minimum absolute atomic E-state index is 0.347. The van der Waals surface area contributed by atoms with Gasteiger partial charge in [0.05, 0.1) is 16.6 Å². The van der Waals surface area contributed by atoms with Crippen LogP contribution in [0, 0.1) is 0 Å². The van der Waals surface area contributed by atoms with Crippen LogP contribution in [0.3, 0.4) is 0 Å². The Morgan fingerprint density at radius 3 is 2.50 bits per heavy atom. The number of nitrogens with two attached hydrogens (primary N) is 1. The Balaban J connectivity index is 1.85. The molecule has 1 fully saturated rings. The van der Waals surface area contributed by atoms with E-state index in [0.29, 0.717) is 46.0 Å². The third kappa shape index (κ3) is 4.08. The minimum Gasteiger partial charge on any atom is -0.489 e. The highest BCUT2D eigenvalue weighted by Gasteiger charge is 2.27. The van der Waals surface area contributed by atoms with Crippen molar-refractivity contribution in [3.05, 3.63) is 27.2 Å². The van der Waals surface area contributed by atoms with E-state index in [1.165, 1.54) is 12.8 Å². The molecule has 1 aromatic rings. The van der Waals surface area contributed by atoms with Crippen molar-refractivity contribution in [1.29, 1.82) is 0 Å². The first kappa shape index (κ1) is 15.5.